The lowest BCUT2D eigenvalue weighted by Gasteiger charge is -1.96. The van der Waals surface area contributed by atoms with Crippen LogP contribution in [0.5, 0.6) is 0 Å². The molecule has 7 heteroatoms. The van der Waals surface area contributed by atoms with Crippen molar-refractivity contribution in [3.05, 3.63) is 47.6 Å². The summed E-state index contributed by atoms with van der Waals surface area (Å²) in [6.07, 6.45) is 3.44. The molecule has 0 aliphatic carbocycles. The monoisotopic (exact) mass is 328 g/mol. The molecule has 0 aliphatic heterocycles. The van der Waals surface area contributed by atoms with E-state index in [1.807, 2.05) is 32.0 Å². The Morgan fingerprint density at radius 1 is 1.39 bits per heavy atom. The summed E-state index contributed by atoms with van der Waals surface area (Å²) in [5.74, 6) is 0.388. The summed E-state index contributed by atoms with van der Waals surface area (Å²) in [6.45, 7) is 3.94. The van der Waals surface area contributed by atoms with Crippen LogP contribution in [0.3, 0.4) is 0 Å². The molecular weight excluding hydrogens is 312 g/mol. The summed E-state index contributed by atoms with van der Waals surface area (Å²) in [4.78, 5) is 21.8. The molecule has 0 unspecified atom stereocenters. The van der Waals surface area contributed by atoms with Gasteiger partial charge in [-0.3, -0.25) is 15.1 Å². The van der Waals surface area contributed by atoms with Crippen LogP contribution in [0.4, 0.5) is 5.13 Å². The topological polar surface area (TPSA) is 80.9 Å². The number of nitrogens with zero attached hydrogens (tertiary/aromatic N) is 3. The number of carbonyl (C=O) groups is 1. The zero-order valence-corrected chi connectivity index (χ0v) is 13.7. The second kappa shape index (κ2) is 6.70. The van der Waals surface area contributed by atoms with Crippen LogP contribution in [0, 0.1) is 6.92 Å². The molecular formula is C16H16N4O2S. The number of hydrogen-bond donors (Lipinski definition) is 1. The van der Waals surface area contributed by atoms with Gasteiger partial charge in [-0.25, -0.2) is 4.98 Å². The van der Waals surface area contributed by atoms with Gasteiger partial charge in [0.05, 0.1) is 16.3 Å². The number of hydrogen-bond acceptors (Lipinski definition) is 6. The van der Waals surface area contributed by atoms with E-state index in [9.17, 15) is 4.79 Å². The zero-order valence-electron chi connectivity index (χ0n) is 12.9. The minimum atomic E-state index is -0.322. The number of anilines is 1. The molecule has 0 spiro atoms. The molecule has 0 saturated heterocycles. The lowest BCUT2D eigenvalue weighted by atomic mass is 10.2. The van der Waals surface area contributed by atoms with E-state index in [4.69, 9.17) is 4.52 Å². The molecule has 0 radical (unpaired) electrons. The number of carbonyl (C=O) groups excluding carboxylic acids is 1. The largest absolute Gasteiger partial charge is 0.361 e. The molecule has 118 valence electrons. The van der Waals surface area contributed by atoms with Gasteiger partial charge in [0.2, 0.25) is 0 Å². The molecule has 3 heterocycles. The standard InChI is InChI=1S/C16H16N4O2S/c1-3-6-11-9-13(20-22-11)15(21)19-16-18-10(2)14(23-16)12-7-4-5-8-17-12/h4-5,7-9H,3,6H2,1-2H3,(H,18,19,21). The Hall–Kier alpha value is -2.54. The lowest BCUT2D eigenvalue weighted by molar-refractivity contribution is 0.101. The van der Waals surface area contributed by atoms with Crippen LogP contribution < -0.4 is 5.32 Å². The predicted molar refractivity (Wildman–Crippen MR) is 88.5 cm³/mol. The molecule has 0 saturated carbocycles. The maximum atomic E-state index is 12.2. The van der Waals surface area contributed by atoms with Crippen molar-refractivity contribution in [3.8, 4) is 10.6 Å². The van der Waals surface area contributed by atoms with Crippen molar-refractivity contribution in [1.82, 2.24) is 15.1 Å². The molecule has 0 aromatic carbocycles. The fourth-order valence-corrected chi connectivity index (χ4v) is 3.07. The van der Waals surface area contributed by atoms with Gasteiger partial charge in [0.1, 0.15) is 5.76 Å². The Bertz CT molecular complexity index is 811. The highest BCUT2D eigenvalue weighted by atomic mass is 32.1. The Balaban J connectivity index is 1.76. The van der Waals surface area contributed by atoms with E-state index in [-0.39, 0.29) is 11.6 Å². The van der Waals surface area contributed by atoms with Gasteiger partial charge < -0.3 is 4.52 Å². The highest BCUT2D eigenvalue weighted by Gasteiger charge is 2.16. The van der Waals surface area contributed by atoms with E-state index >= 15 is 0 Å². The third-order valence-electron chi connectivity index (χ3n) is 3.20. The smallest absolute Gasteiger partial charge is 0.279 e. The number of amides is 1. The van der Waals surface area contributed by atoms with E-state index in [1.54, 1.807) is 12.3 Å². The van der Waals surface area contributed by atoms with Crippen LogP contribution in [-0.2, 0) is 6.42 Å². The quantitative estimate of drug-likeness (QED) is 0.772. The Labute approximate surface area is 137 Å². The fraction of sp³-hybridized carbons (Fsp3) is 0.250. The summed E-state index contributed by atoms with van der Waals surface area (Å²) < 4.78 is 5.12. The van der Waals surface area contributed by atoms with Crippen LogP contribution >= 0.6 is 11.3 Å². The lowest BCUT2D eigenvalue weighted by Crippen LogP contribution is -2.11. The number of nitrogens with one attached hydrogen (secondary N) is 1. The minimum Gasteiger partial charge on any atom is -0.361 e. The van der Waals surface area contributed by atoms with Gasteiger partial charge >= 0.3 is 0 Å². The molecule has 1 amide bonds. The zero-order chi connectivity index (χ0) is 16.2. The van der Waals surface area contributed by atoms with Gasteiger partial charge in [0, 0.05) is 18.7 Å². The molecule has 0 aliphatic rings. The summed E-state index contributed by atoms with van der Waals surface area (Å²) in [5.41, 5.74) is 1.94. The van der Waals surface area contributed by atoms with Gasteiger partial charge in [0.15, 0.2) is 10.8 Å². The van der Waals surface area contributed by atoms with E-state index in [1.165, 1.54) is 11.3 Å². The first-order chi connectivity index (χ1) is 11.2. The van der Waals surface area contributed by atoms with Gasteiger partial charge in [0.25, 0.3) is 5.91 Å². The Morgan fingerprint density at radius 3 is 3.00 bits per heavy atom. The van der Waals surface area contributed by atoms with Crippen LogP contribution in [0.25, 0.3) is 10.6 Å². The summed E-state index contributed by atoms with van der Waals surface area (Å²) in [6, 6.07) is 7.37. The second-order valence-corrected chi connectivity index (χ2v) is 6.03. The number of aromatic nitrogens is 3. The molecule has 6 nitrogen and oxygen atoms in total. The molecule has 3 aromatic rings. The number of aryl methyl sites for hydroxylation is 2. The third-order valence-corrected chi connectivity index (χ3v) is 4.30. The summed E-state index contributed by atoms with van der Waals surface area (Å²) >= 11 is 1.39. The number of rotatable bonds is 5. The van der Waals surface area contributed by atoms with E-state index in [2.05, 4.69) is 20.4 Å². The highest BCUT2D eigenvalue weighted by molar-refractivity contribution is 7.19. The van der Waals surface area contributed by atoms with E-state index in [0.717, 1.165) is 29.1 Å². The number of thiazole rings is 1. The van der Waals surface area contributed by atoms with Gasteiger partial charge in [-0.05, 0) is 25.5 Å². The Morgan fingerprint density at radius 2 is 2.26 bits per heavy atom. The van der Waals surface area contributed by atoms with Crippen LogP contribution in [0.1, 0.15) is 35.3 Å². The molecule has 23 heavy (non-hydrogen) atoms. The van der Waals surface area contributed by atoms with Gasteiger partial charge in [-0.2, -0.15) is 0 Å². The summed E-state index contributed by atoms with van der Waals surface area (Å²) in [7, 11) is 0. The predicted octanol–water partition coefficient (Wildman–Crippen LogP) is 3.71. The molecule has 0 fully saturated rings. The Kier molecular flexibility index (Phi) is 4.47. The van der Waals surface area contributed by atoms with E-state index in [0.29, 0.717) is 10.9 Å². The third kappa shape index (κ3) is 3.45. The van der Waals surface area contributed by atoms with Crippen molar-refractivity contribution in [2.24, 2.45) is 0 Å². The van der Waals surface area contributed by atoms with E-state index < -0.39 is 0 Å². The fourth-order valence-electron chi connectivity index (χ4n) is 2.13. The molecule has 1 N–H and O–H groups in total. The first-order valence-electron chi connectivity index (χ1n) is 7.33. The SMILES string of the molecule is CCCc1cc(C(=O)Nc2nc(C)c(-c3ccccn3)s2)no1. The van der Waals surface area contributed by atoms with Gasteiger partial charge in [-0.1, -0.05) is 29.5 Å². The average molecular weight is 328 g/mol. The van der Waals surface area contributed by atoms with Crippen molar-refractivity contribution in [3.63, 3.8) is 0 Å². The first-order valence-corrected chi connectivity index (χ1v) is 8.14. The maximum absolute atomic E-state index is 12.2. The molecule has 0 bridgehead atoms. The first kappa shape index (κ1) is 15.4. The van der Waals surface area contributed by atoms with Crippen molar-refractivity contribution in [1.29, 1.82) is 0 Å². The average Bonchev–Trinajstić information content (AvgIpc) is 3.15. The van der Waals surface area contributed by atoms with Crippen LogP contribution in [0.2, 0.25) is 0 Å². The molecule has 3 aromatic heterocycles. The van der Waals surface area contributed by atoms with Crippen LogP contribution in [0.15, 0.2) is 35.0 Å². The summed E-state index contributed by atoms with van der Waals surface area (Å²) in [5, 5.41) is 7.08. The van der Waals surface area contributed by atoms with Crippen molar-refractivity contribution >= 4 is 22.4 Å². The van der Waals surface area contributed by atoms with Crippen molar-refractivity contribution in [2.75, 3.05) is 5.32 Å². The second-order valence-electron chi connectivity index (χ2n) is 5.03. The van der Waals surface area contributed by atoms with Crippen molar-refractivity contribution < 1.29 is 9.32 Å². The number of pyridine rings is 1. The van der Waals surface area contributed by atoms with Crippen molar-refractivity contribution in [2.45, 2.75) is 26.7 Å². The van der Waals surface area contributed by atoms with Gasteiger partial charge in [-0.15, -0.1) is 0 Å². The maximum Gasteiger partial charge on any atom is 0.279 e. The normalized spacial score (nSPS) is 10.7. The molecule has 3 rings (SSSR count). The highest BCUT2D eigenvalue weighted by Crippen LogP contribution is 2.31. The van der Waals surface area contributed by atoms with Crippen LogP contribution in [-0.4, -0.2) is 21.0 Å². The molecule has 0 atom stereocenters. The minimum absolute atomic E-state index is 0.265.